The maximum atomic E-state index is 12.5. The second-order valence-electron chi connectivity index (χ2n) is 5.72. The molecule has 0 spiro atoms. The minimum absolute atomic E-state index is 0.0827. The van der Waals surface area contributed by atoms with Crippen molar-refractivity contribution in [2.24, 2.45) is 0 Å². The molecule has 1 amide bonds. The van der Waals surface area contributed by atoms with Gasteiger partial charge in [-0.05, 0) is 18.1 Å². The molecule has 2 aromatic rings. The van der Waals surface area contributed by atoms with Crippen molar-refractivity contribution in [1.82, 2.24) is 4.90 Å². The van der Waals surface area contributed by atoms with Crippen molar-refractivity contribution in [3.8, 4) is 0 Å². The average Bonchev–Trinajstić information content (AvgIpc) is 2.58. The number of hydrogen-bond acceptors (Lipinski definition) is 3. The van der Waals surface area contributed by atoms with Gasteiger partial charge in [-0.1, -0.05) is 60.7 Å². The molecule has 118 valence electrons. The number of carbonyl (C=O) groups is 2. The molecule has 1 heterocycles. The Kier molecular flexibility index (Phi) is 4.15. The van der Waals surface area contributed by atoms with E-state index in [1.807, 2.05) is 67.6 Å². The zero-order valence-corrected chi connectivity index (χ0v) is 13.2. The summed E-state index contributed by atoms with van der Waals surface area (Å²) in [7, 11) is 0. The van der Waals surface area contributed by atoms with Crippen LogP contribution < -0.4 is 0 Å². The number of amides is 1. The lowest BCUT2D eigenvalue weighted by atomic mass is 9.87. The molecule has 0 N–H and O–H groups in total. The van der Waals surface area contributed by atoms with Crippen LogP contribution in [0, 0.1) is 0 Å². The van der Waals surface area contributed by atoms with Crippen LogP contribution in [0.5, 0.6) is 0 Å². The van der Waals surface area contributed by atoms with Crippen LogP contribution in [0.2, 0.25) is 0 Å². The Hall–Kier alpha value is -2.62. The summed E-state index contributed by atoms with van der Waals surface area (Å²) in [6.45, 7) is 3.33. The van der Waals surface area contributed by atoms with Crippen molar-refractivity contribution in [1.29, 1.82) is 0 Å². The van der Waals surface area contributed by atoms with Crippen LogP contribution >= 0.6 is 0 Å². The summed E-state index contributed by atoms with van der Waals surface area (Å²) in [4.78, 5) is 25.7. The molecule has 4 nitrogen and oxygen atoms in total. The van der Waals surface area contributed by atoms with Gasteiger partial charge in [0.25, 0.3) is 5.91 Å². The van der Waals surface area contributed by atoms with Crippen LogP contribution in [0.15, 0.2) is 60.7 Å². The highest BCUT2D eigenvalue weighted by molar-refractivity contribution is 5.91. The molecule has 3 rings (SSSR count). The van der Waals surface area contributed by atoms with Gasteiger partial charge in [-0.15, -0.1) is 0 Å². The number of rotatable bonds is 4. The molecule has 23 heavy (non-hydrogen) atoms. The van der Waals surface area contributed by atoms with Crippen LogP contribution in [0.25, 0.3) is 0 Å². The van der Waals surface area contributed by atoms with E-state index in [1.54, 1.807) is 4.90 Å². The lowest BCUT2D eigenvalue weighted by molar-refractivity contribution is -0.186. The highest BCUT2D eigenvalue weighted by atomic mass is 16.6. The first-order chi connectivity index (χ1) is 11.1. The van der Waals surface area contributed by atoms with Crippen molar-refractivity contribution in [3.05, 3.63) is 71.8 Å². The molecule has 0 aliphatic carbocycles. The van der Waals surface area contributed by atoms with Crippen molar-refractivity contribution in [3.63, 3.8) is 0 Å². The second-order valence-corrected chi connectivity index (χ2v) is 5.72. The number of carbonyl (C=O) groups excluding carboxylic acids is 2. The molecule has 1 aliphatic rings. The number of β-lactam (4-membered cyclic amide) rings is 1. The number of esters is 1. The predicted molar refractivity (Wildman–Crippen MR) is 86.4 cm³/mol. The molecule has 3 atom stereocenters. The first kappa shape index (κ1) is 15.3. The number of ether oxygens (including phenoxy) is 1. The van der Waals surface area contributed by atoms with Gasteiger partial charge in [-0.3, -0.25) is 9.59 Å². The van der Waals surface area contributed by atoms with Crippen molar-refractivity contribution in [2.75, 3.05) is 0 Å². The molecule has 4 heteroatoms. The molecule has 1 aliphatic heterocycles. The van der Waals surface area contributed by atoms with Gasteiger partial charge in [0.2, 0.25) is 6.10 Å². The summed E-state index contributed by atoms with van der Waals surface area (Å²) >= 11 is 0. The van der Waals surface area contributed by atoms with Crippen LogP contribution in [0.3, 0.4) is 0 Å². The molecule has 0 bridgehead atoms. The molecule has 1 saturated heterocycles. The Morgan fingerprint density at radius 3 is 2.17 bits per heavy atom. The van der Waals surface area contributed by atoms with Crippen LogP contribution in [0.4, 0.5) is 0 Å². The minimum atomic E-state index is -0.735. The summed E-state index contributed by atoms with van der Waals surface area (Å²) in [6, 6.07) is 19.2. The summed E-state index contributed by atoms with van der Waals surface area (Å²) in [6.07, 6.45) is -0.735. The third-order valence-corrected chi connectivity index (χ3v) is 4.22. The highest BCUT2D eigenvalue weighted by Gasteiger charge is 2.52. The first-order valence-corrected chi connectivity index (χ1v) is 7.69. The van der Waals surface area contributed by atoms with Crippen molar-refractivity contribution < 1.29 is 14.3 Å². The van der Waals surface area contributed by atoms with E-state index in [0.29, 0.717) is 0 Å². The zero-order valence-electron chi connectivity index (χ0n) is 13.2. The molecular formula is C19H19NO3. The zero-order chi connectivity index (χ0) is 16.4. The topological polar surface area (TPSA) is 46.6 Å². The minimum Gasteiger partial charge on any atom is -0.450 e. The molecule has 1 fully saturated rings. The molecule has 0 aromatic heterocycles. The Balaban J connectivity index is 1.92. The average molecular weight is 309 g/mol. The van der Waals surface area contributed by atoms with E-state index in [-0.39, 0.29) is 18.0 Å². The maximum Gasteiger partial charge on any atom is 0.303 e. The third-order valence-electron chi connectivity index (χ3n) is 4.22. The second kappa shape index (κ2) is 6.24. The van der Waals surface area contributed by atoms with Gasteiger partial charge in [0.15, 0.2) is 0 Å². The largest absolute Gasteiger partial charge is 0.450 e. The molecule has 0 saturated carbocycles. The Bertz CT molecular complexity index is 699. The fourth-order valence-electron chi connectivity index (χ4n) is 3.09. The monoisotopic (exact) mass is 309 g/mol. The summed E-state index contributed by atoms with van der Waals surface area (Å²) in [5, 5.41) is 0. The summed E-state index contributed by atoms with van der Waals surface area (Å²) in [5.74, 6) is -0.582. The van der Waals surface area contributed by atoms with E-state index in [1.165, 1.54) is 6.92 Å². The van der Waals surface area contributed by atoms with Gasteiger partial charge in [0.05, 0.1) is 6.04 Å². The Morgan fingerprint density at radius 2 is 1.61 bits per heavy atom. The van der Waals surface area contributed by atoms with Crippen molar-refractivity contribution in [2.45, 2.75) is 32.0 Å². The summed E-state index contributed by atoms with van der Waals surface area (Å²) < 4.78 is 5.25. The Morgan fingerprint density at radius 1 is 1.04 bits per heavy atom. The van der Waals surface area contributed by atoms with Gasteiger partial charge in [0.1, 0.15) is 6.04 Å². The number of hydrogen-bond donors (Lipinski definition) is 0. The van der Waals surface area contributed by atoms with E-state index in [0.717, 1.165) is 11.1 Å². The SMILES string of the molecule is CC(=O)OC1C(=O)N(C(C)c2ccccc2)C1c1ccccc1. The van der Waals surface area contributed by atoms with Crippen LogP contribution in [-0.4, -0.2) is 22.9 Å². The van der Waals surface area contributed by atoms with E-state index < -0.39 is 12.1 Å². The van der Waals surface area contributed by atoms with Gasteiger partial charge in [-0.25, -0.2) is 0 Å². The lowest BCUT2D eigenvalue weighted by Crippen LogP contribution is -2.60. The van der Waals surface area contributed by atoms with Gasteiger partial charge >= 0.3 is 5.97 Å². The molecule has 2 aromatic carbocycles. The smallest absolute Gasteiger partial charge is 0.303 e. The van der Waals surface area contributed by atoms with Crippen molar-refractivity contribution >= 4 is 11.9 Å². The summed E-state index contributed by atoms with van der Waals surface area (Å²) in [5.41, 5.74) is 2.03. The van der Waals surface area contributed by atoms with E-state index in [9.17, 15) is 9.59 Å². The Labute approximate surface area is 135 Å². The van der Waals surface area contributed by atoms with E-state index >= 15 is 0 Å². The lowest BCUT2D eigenvalue weighted by Gasteiger charge is -2.49. The van der Waals surface area contributed by atoms with E-state index in [4.69, 9.17) is 4.74 Å². The highest BCUT2D eigenvalue weighted by Crippen LogP contribution is 2.43. The van der Waals surface area contributed by atoms with Gasteiger partial charge in [-0.2, -0.15) is 0 Å². The normalized spacial score (nSPS) is 21.5. The third kappa shape index (κ3) is 2.84. The molecule has 0 radical (unpaired) electrons. The number of likely N-dealkylation sites (tertiary alicyclic amines) is 1. The van der Waals surface area contributed by atoms with E-state index in [2.05, 4.69) is 0 Å². The first-order valence-electron chi connectivity index (χ1n) is 7.69. The molecule has 3 unspecified atom stereocenters. The van der Waals surface area contributed by atoms with Crippen LogP contribution in [0.1, 0.15) is 37.1 Å². The van der Waals surface area contributed by atoms with Crippen LogP contribution in [-0.2, 0) is 14.3 Å². The predicted octanol–water partition coefficient (Wildman–Crippen LogP) is 3.26. The fourth-order valence-corrected chi connectivity index (χ4v) is 3.09. The fraction of sp³-hybridized carbons (Fsp3) is 0.263. The standard InChI is InChI=1S/C19H19NO3/c1-13(15-9-5-3-6-10-15)20-17(16-11-7-4-8-12-16)18(19(20)22)23-14(2)21/h3-13,17-18H,1-2H3. The number of benzene rings is 2. The number of nitrogens with zero attached hydrogens (tertiary/aromatic N) is 1. The van der Waals surface area contributed by atoms with Gasteiger partial charge in [0, 0.05) is 6.92 Å². The molecular weight excluding hydrogens is 290 g/mol. The maximum absolute atomic E-state index is 12.5. The quantitative estimate of drug-likeness (QED) is 0.643. The van der Waals surface area contributed by atoms with Gasteiger partial charge < -0.3 is 9.64 Å².